The molecule has 1 saturated heterocycles. The van der Waals surface area contributed by atoms with Gasteiger partial charge in [0.05, 0.1) is 31.4 Å². The number of hydrogen-bond donors (Lipinski definition) is 2. The predicted molar refractivity (Wildman–Crippen MR) is 94.4 cm³/mol. The van der Waals surface area contributed by atoms with Crippen LogP contribution in [0.2, 0.25) is 0 Å². The van der Waals surface area contributed by atoms with Crippen molar-refractivity contribution >= 4 is 24.4 Å². The summed E-state index contributed by atoms with van der Waals surface area (Å²) in [5.41, 5.74) is 0.683. The number of nitrogens with zero attached hydrogens (tertiary/aromatic N) is 4. The average molecular weight is 375 g/mol. The van der Waals surface area contributed by atoms with Crippen molar-refractivity contribution in [1.82, 2.24) is 30.5 Å². The molecule has 1 aliphatic heterocycles. The highest BCUT2D eigenvalue weighted by Crippen LogP contribution is 2.19. The summed E-state index contributed by atoms with van der Waals surface area (Å²) in [6.07, 6.45) is 2.10. The number of amides is 2. The molecule has 0 unspecified atom stereocenters. The van der Waals surface area contributed by atoms with Gasteiger partial charge in [0.15, 0.2) is 0 Å². The van der Waals surface area contributed by atoms with E-state index in [9.17, 15) is 9.59 Å². The number of nitrogens with one attached hydrogen (secondary N) is 2. The molecule has 1 aliphatic rings. The van der Waals surface area contributed by atoms with Crippen LogP contribution in [0.5, 0.6) is 0 Å². The first-order chi connectivity index (χ1) is 11.4. The number of halogens is 1. The monoisotopic (exact) mass is 374 g/mol. The van der Waals surface area contributed by atoms with Gasteiger partial charge < -0.3 is 20.3 Å². The van der Waals surface area contributed by atoms with Gasteiger partial charge in [-0.25, -0.2) is 9.48 Å². The van der Waals surface area contributed by atoms with Crippen LogP contribution in [0.3, 0.4) is 0 Å². The third-order valence-corrected chi connectivity index (χ3v) is 3.85. The summed E-state index contributed by atoms with van der Waals surface area (Å²) in [5, 5.41) is 14.0. The van der Waals surface area contributed by atoms with E-state index in [0.29, 0.717) is 37.7 Å². The van der Waals surface area contributed by atoms with Crippen LogP contribution in [0.15, 0.2) is 6.20 Å². The minimum Gasteiger partial charge on any atom is -0.449 e. The minimum absolute atomic E-state index is 0. The van der Waals surface area contributed by atoms with Crippen molar-refractivity contribution < 1.29 is 14.3 Å². The van der Waals surface area contributed by atoms with Crippen molar-refractivity contribution in [3.05, 3.63) is 11.9 Å². The normalized spacial score (nSPS) is 19.4. The fourth-order valence-corrected chi connectivity index (χ4v) is 2.51. The first-order valence-electron chi connectivity index (χ1n) is 8.14. The van der Waals surface area contributed by atoms with E-state index >= 15 is 0 Å². The number of likely N-dealkylation sites (N-methyl/N-ethyl adjacent to an activating group) is 1. The van der Waals surface area contributed by atoms with Gasteiger partial charge in [-0.15, -0.1) is 17.5 Å². The van der Waals surface area contributed by atoms with Crippen molar-refractivity contribution in [1.29, 1.82) is 0 Å². The van der Waals surface area contributed by atoms with Gasteiger partial charge in [0.2, 0.25) is 5.91 Å². The standard InChI is InChI=1S/C15H26N6O3.ClH/c1-10(2)9-24-15(23)20(4)7-11-8-21(19-18-11)12-5-13(17-6-12)14(22)16-3;/h8,10,12-13,17H,5-7,9H2,1-4H3,(H,16,22);1H/t12-,13+;/m1./s1. The Kier molecular flexibility index (Phi) is 8.11. The highest BCUT2D eigenvalue weighted by molar-refractivity contribution is 5.85. The SMILES string of the molecule is CNC(=O)[C@@H]1C[C@@H](n2cc(CN(C)C(=O)OCC(C)C)nn2)CN1.Cl. The van der Waals surface area contributed by atoms with Crippen molar-refractivity contribution in [2.45, 2.75) is 38.9 Å². The number of carbonyl (C=O) groups excluding carboxylic acids is 2. The second-order valence-corrected chi connectivity index (χ2v) is 6.48. The molecule has 0 radical (unpaired) electrons. The molecule has 2 heterocycles. The molecule has 0 aromatic carbocycles. The van der Waals surface area contributed by atoms with Crippen LogP contribution in [-0.2, 0) is 16.1 Å². The summed E-state index contributed by atoms with van der Waals surface area (Å²) in [6, 6.07) is -0.131. The summed E-state index contributed by atoms with van der Waals surface area (Å²) in [7, 11) is 3.29. The number of rotatable bonds is 6. The summed E-state index contributed by atoms with van der Waals surface area (Å²) in [4.78, 5) is 25.0. The predicted octanol–water partition coefficient (Wildman–Crippen LogP) is 0.573. The van der Waals surface area contributed by atoms with Gasteiger partial charge in [-0.05, 0) is 12.3 Å². The Bertz CT molecular complexity index is 579. The molecule has 2 rings (SSSR count). The van der Waals surface area contributed by atoms with E-state index in [1.807, 2.05) is 20.0 Å². The summed E-state index contributed by atoms with van der Waals surface area (Å²) in [5.74, 6) is 0.275. The largest absolute Gasteiger partial charge is 0.449 e. The Labute approximate surface area is 153 Å². The lowest BCUT2D eigenvalue weighted by Crippen LogP contribution is -2.38. The van der Waals surface area contributed by atoms with Crippen LogP contribution in [0.4, 0.5) is 4.79 Å². The zero-order valence-electron chi connectivity index (χ0n) is 15.1. The molecule has 1 fully saturated rings. The molecular weight excluding hydrogens is 348 g/mol. The van der Waals surface area contributed by atoms with Crippen molar-refractivity contribution in [3.8, 4) is 0 Å². The summed E-state index contributed by atoms with van der Waals surface area (Å²) in [6.45, 7) is 5.36. The first-order valence-corrected chi connectivity index (χ1v) is 8.14. The maximum atomic E-state index is 11.9. The Hall–Kier alpha value is -1.87. The molecule has 2 atom stereocenters. The van der Waals surface area contributed by atoms with Crippen molar-refractivity contribution in [2.24, 2.45) is 5.92 Å². The van der Waals surface area contributed by atoms with Crippen LogP contribution >= 0.6 is 12.4 Å². The first kappa shape index (κ1) is 21.2. The molecule has 9 nitrogen and oxygen atoms in total. The molecule has 1 aromatic rings. The lowest BCUT2D eigenvalue weighted by molar-refractivity contribution is -0.122. The van der Waals surface area contributed by atoms with Crippen LogP contribution < -0.4 is 10.6 Å². The molecule has 2 amide bonds. The van der Waals surface area contributed by atoms with Gasteiger partial charge in [0.25, 0.3) is 0 Å². The smallest absolute Gasteiger partial charge is 0.409 e. The number of carbonyl (C=O) groups is 2. The molecule has 10 heteroatoms. The van der Waals surface area contributed by atoms with Gasteiger partial charge in [-0.2, -0.15) is 0 Å². The number of aromatic nitrogens is 3. The molecule has 142 valence electrons. The summed E-state index contributed by atoms with van der Waals surface area (Å²) >= 11 is 0. The third-order valence-electron chi connectivity index (χ3n) is 3.85. The van der Waals surface area contributed by atoms with Gasteiger partial charge in [0, 0.05) is 20.6 Å². The third kappa shape index (κ3) is 5.86. The van der Waals surface area contributed by atoms with E-state index in [2.05, 4.69) is 20.9 Å². The van der Waals surface area contributed by atoms with Gasteiger partial charge in [0.1, 0.15) is 5.69 Å². The lowest BCUT2D eigenvalue weighted by Gasteiger charge is -2.16. The molecule has 0 aliphatic carbocycles. The van der Waals surface area contributed by atoms with Crippen molar-refractivity contribution in [3.63, 3.8) is 0 Å². The average Bonchev–Trinajstić information content (AvgIpc) is 3.20. The molecule has 0 bridgehead atoms. The quantitative estimate of drug-likeness (QED) is 0.755. The molecule has 25 heavy (non-hydrogen) atoms. The topological polar surface area (TPSA) is 101 Å². The van der Waals surface area contributed by atoms with E-state index in [4.69, 9.17) is 4.74 Å². The highest BCUT2D eigenvalue weighted by Gasteiger charge is 2.30. The molecule has 1 aromatic heterocycles. The lowest BCUT2D eigenvalue weighted by atomic mass is 10.1. The molecule has 0 spiro atoms. The van der Waals surface area contributed by atoms with Crippen LogP contribution in [0.1, 0.15) is 32.0 Å². The van der Waals surface area contributed by atoms with E-state index in [0.717, 1.165) is 0 Å². The van der Waals surface area contributed by atoms with E-state index in [1.165, 1.54) is 4.90 Å². The minimum atomic E-state index is -0.375. The molecular formula is C15H27ClN6O3. The molecule has 2 N–H and O–H groups in total. The second kappa shape index (κ2) is 9.57. The second-order valence-electron chi connectivity index (χ2n) is 6.48. The fraction of sp³-hybridized carbons (Fsp3) is 0.733. The Balaban J connectivity index is 0.00000312. The van der Waals surface area contributed by atoms with Crippen LogP contribution in [0, 0.1) is 5.92 Å². The summed E-state index contributed by atoms with van der Waals surface area (Å²) < 4.78 is 6.92. The van der Waals surface area contributed by atoms with E-state index in [1.54, 1.807) is 18.8 Å². The van der Waals surface area contributed by atoms with Gasteiger partial charge in [-0.3, -0.25) is 4.79 Å². The van der Waals surface area contributed by atoms with Crippen molar-refractivity contribution in [2.75, 3.05) is 27.2 Å². The van der Waals surface area contributed by atoms with Gasteiger partial charge in [-0.1, -0.05) is 19.1 Å². The number of hydrogen-bond acceptors (Lipinski definition) is 6. The van der Waals surface area contributed by atoms with E-state index < -0.39 is 0 Å². The Morgan fingerprint density at radius 2 is 2.24 bits per heavy atom. The maximum absolute atomic E-state index is 11.9. The van der Waals surface area contributed by atoms with E-state index in [-0.39, 0.29) is 36.5 Å². The molecule has 0 saturated carbocycles. The zero-order valence-corrected chi connectivity index (χ0v) is 15.9. The van der Waals surface area contributed by atoms with Gasteiger partial charge >= 0.3 is 6.09 Å². The number of ether oxygens (including phenoxy) is 1. The zero-order chi connectivity index (χ0) is 17.7. The highest BCUT2D eigenvalue weighted by atomic mass is 35.5. The maximum Gasteiger partial charge on any atom is 0.409 e. The van der Waals surface area contributed by atoms with Crippen LogP contribution in [-0.4, -0.2) is 65.2 Å². The Morgan fingerprint density at radius 1 is 1.52 bits per heavy atom. The fourth-order valence-electron chi connectivity index (χ4n) is 2.51. The van der Waals surface area contributed by atoms with Crippen LogP contribution in [0.25, 0.3) is 0 Å². The Morgan fingerprint density at radius 3 is 2.88 bits per heavy atom.